The molecule has 2 heterocycles. The highest BCUT2D eigenvalue weighted by molar-refractivity contribution is 7.89. The van der Waals surface area contributed by atoms with Crippen LogP contribution in [0, 0.1) is 6.92 Å². The standard InChI is InChI=1S/C15H12F3N5O2S/c1-9-2-4-10(5-3-9)13-21-14(15(16,17)18)22-23(13)11-6-7-12(20-8-11)26(19,24)25/h2-8H,1H3,(H2,19,24,25). The number of aromatic nitrogens is 4. The Morgan fingerprint density at radius 1 is 1.08 bits per heavy atom. The highest BCUT2D eigenvalue weighted by Crippen LogP contribution is 2.30. The number of aryl methyl sites for hydroxylation is 1. The number of alkyl halides is 3. The summed E-state index contributed by atoms with van der Waals surface area (Å²) in [6.07, 6.45) is -3.68. The zero-order valence-electron chi connectivity index (χ0n) is 13.3. The fourth-order valence-electron chi connectivity index (χ4n) is 2.17. The molecule has 0 fully saturated rings. The van der Waals surface area contributed by atoms with Crippen molar-refractivity contribution in [3.05, 3.63) is 54.0 Å². The van der Waals surface area contributed by atoms with Gasteiger partial charge in [0.05, 0.1) is 11.9 Å². The van der Waals surface area contributed by atoms with Crippen molar-refractivity contribution in [1.82, 2.24) is 19.7 Å². The Labute approximate surface area is 146 Å². The van der Waals surface area contributed by atoms with Crippen LogP contribution in [0.3, 0.4) is 0 Å². The molecular formula is C15H12F3N5O2S. The van der Waals surface area contributed by atoms with E-state index in [1.807, 2.05) is 6.92 Å². The van der Waals surface area contributed by atoms with E-state index in [0.717, 1.165) is 22.5 Å². The monoisotopic (exact) mass is 383 g/mol. The minimum atomic E-state index is -4.74. The fraction of sp³-hybridized carbons (Fsp3) is 0.133. The van der Waals surface area contributed by atoms with E-state index in [1.54, 1.807) is 24.3 Å². The highest BCUT2D eigenvalue weighted by atomic mass is 32.2. The average Bonchev–Trinajstić information content (AvgIpc) is 3.00. The smallest absolute Gasteiger partial charge is 0.241 e. The van der Waals surface area contributed by atoms with Crippen LogP contribution in [0.2, 0.25) is 0 Å². The zero-order chi connectivity index (χ0) is 19.1. The largest absolute Gasteiger partial charge is 0.453 e. The molecule has 3 rings (SSSR count). The summed E-state index contributed by atoms with van der Waals surface area (Å²) in [4.78, 5) is 7.25. The van der Waals surface area contributed by atoms with Gasteiger partial charge in [-0.1, -0.05) is 29.8 Å². The summed E-state index contributed by atoms with van der Waals surface area (Å²) >= 11 is 0. The predicted molar refractivity (Wildman–Crippen MR) is 85.7 cm³/mol. The van der Waals surface area contributed by atoms with Crippen LogP contribution in [0.1, 0.15) is 11.4 Å². The van der Waals surface area contributed by atoms with Gasteiger partial charge in [-0.2, -0.15) is 13.2 Å². The molecule has 11 heteroatoms. The third-order valence-corrected chi connectivity index (χ3v) is 4.25. The van der Waals surface area contributed by atoms with E-state index in [-0.39, 0.29) is 11.5 Å². The summed E-state index contributed by atoms with van der Waals surface area (Å²) in [6.45, 7) is 1.84. The molecule has 0 unspecified atom stereocenters. The average molecular weight is 383 g/mol. The first-order valence-corrected chi connectivity index (χ1v) is 8.71. The zero-order valence-corrected chi connectivity index (χ0v) is 14.1. The number of nitrogens with two attached hydrogens (primary N) is 1. The highest BCUT2D eigenvalue weighted by Gasteiger charge is 2.37. The molecule has 0 saturated carbocycles. The quantitative estimate of drug-likeness (QED) is 0.747. The van der Waals surface area contributed by atoms with E-state index in [4.69, 9.17) is 5.14 Å². The van der Waals surface area contributed by atoms with E-state index >= 15 is 0 Å². The number of benzene rings is 1. The van der Waals surface area contributed by atoms with Gasteiger partial charge in [-0.05, 0) is 19.1 Å². The minimum absolute atomic E-state index is 0.0533. The fourth-order valence-corrected chi connectivity index (χ4v) is 2.63. The maximum absolute atomic E-state index is 13.0. The number of primary sulfonamides is 1. The van der Waals surface area contributed by atoms with Crippen molar-refractivity contribution in [3.63, 3.8) is 0 Å². The molecule has 2 aromatic heterocycles. The summed E-state index contributed by atoms with van der Waals surface area (Å²) in [6, 6.07) is 9.01. The third kappa shape index (κ3) is 3.58. The van der Waals surface area contributed by atoms with Gasteiger partial charge in [-0.3, -0.25) is 0 Å². The summed E-state index contributed by atoms with van der Waals surface area (Å²) < 4.78 is 62.6. The number of hydrogen-bond donors (Lipinski definition) is 1. The Morgan fingerprint density at radius 2 is 1.73 bits per heavy atom. The molecule has 1 aromatic carbocycles. The van der Waals surface area contributed by atoms with Crippen LogP contribution < -0.4 is 5.14 Å². The van der Waals surface area contributed by atoms with Gasteiger partial charge in [-0.15, -0.1) is 5.10 Å². The second kappa shape index (κ2) is 6.18. The van der Waals surface area contributed by atoms with Crippen LogP contribution in [0.25, 0.3) is 17.1 Å². The number of rotatable bonds is 3. The van der Waals surface area contributed by atoms with Gasteiger partial charge in [0.25, 0.3) is 15.8 Å². The molecule has 0 saturated heterocycles. The van der Waals surface area contributed by atoms with Gasteiger partial charge in [0.1, 0.15) is 0 Å². The second-order valence-corrected chi connectivity index (χ2v) is 6.94. The van der Waals surface area contributed by atoms with Gasteiger partial charge >= 0.3 is 6.18 Å². The molecule has 0 aliphatic heterocycles. The second-order valence-electron chi connectivity index (χ2n) is 5.43. The molecule has 3 aromatic rings. The Morgan fingerprint density at radius 3 is 2.23 bits per heavy atom. The van der Waals surface area contributed by atoms with Crippen LogP contribution >= 0.6 is 0 Å². The molecule has 26 heavy (non-hydrogen) atoms. The molecule has 0 radical (unpaired) electrons. The van der Waals surface area contributed by atoms with Crippen molar-refractivity contribution in [2.45, 2.75) is 18.1 Å². The summed E-state index contributed by atoms with van der Waals surface area (Å²) in [7, 11) is -4.02. The maximum atomic E-state index is 13.0. The number of pyridine rings is 1. The van der Waals surface area contributed by atoms with E-state index in [9.17, 15) is 21.6 Å². The number of halogens is 3. The SMILES string of the molecule is Cc1ccc(-c2nc(C(F)(F)F)nn2-c2ccc(S(N)(=O)=O)nc2)cc1. The topological polar surface area (TPSA) is 104 Å². The molecule has 0 bridgehead atoms. The minimum Gasteiger partial charge on any atom is -0.241 e. The van der Waals surface area contributed by atoms with Crippen molar-refractivity contribution in [3.8, 4) is 17.1 Å². The Bertz CT molecular complexity index is 1040. The van der Waals surface area contributed by atoms with Gasteiger partial charge in [0.2, 0.25) is 0 Å². The summed E-state index contributed by atoms with van der Waals surface area (Å²) in [5.74, 6) is -1.37. The van der Waals surface area contributed by atoms with Gasteiger partial charge in [0, 0.05) is 5.56 Å². The van der Waals surface area contributed by atoms with Gasteiger partial charge < -0.3 is 0 Å². The molecule has 0 aliphatic rings. The molecule has 136 valence electrons. The maximum Gasteiger partial charge on any atom is 0.453 e. The third-order valence-electron chi connectivity index (χ3n) is 3.43. The van der Waals surface area contributed by atoms with Crippen molar-refractivity contribution < 1.29 is 21.6 Å². The summed E-state index contributed by atoms with van der Waals surface area (Å²) in [5.41, 5.74) is 1.44. The van der Waals surface area contributed by atoms with Crippen LogP contribution in [-0.2, 0) is 16.2 Å². The molecule has 2 N–H and O–H groups in total. The first kappa shape index (κ1) is 18.0. The molecule has 0 atom stereocenters. The molecule has 0 amide bonds. The van der Waals surface area contributed by atoms with Crippen LogP contribution in [0.15, 0.2) is 47.6 Å². The molecular weight excluding hydrogens is 371 g/mol. The normalized spacial score (nSPS) is 12.3. The van der Waals surface area contributed by atoms with Crippen LogP contribution in [0.4, 0.5) is 13.2 Å². The lowest BCUT2D eigenvalue weighted by molar-refractivity contribution is -0.144. The lowest BCUT2D eigenvalue weighted by Gasteiger charge is -2.06. The van der Waals surface area contributed by atoms with E-state index in [2.05, 4.69) is 15.1 Å². The first-order valence-electron chi connectivity index (χ1n) is 7.16. The Balaban J connectivity index is 2.16. The Hall–Kier alpha value is -2.79. The summed E-state index contributed by atoms with van der Waals surface area (Å²) in [5, 5.41) is 8.06. The molecule has 0 spiro atoms. The van der Waals surface area contributed by atoms with Gasteiger partial charge in [0.15, 0.2) is 10.9 Å². The lowest BCUT2D eigenvalue weighted by Crippen LogP contribution is -2.14. The van der Waals surface area contributed by atoms with Crippen molar-refractivity contribution in [1.29, 1.82) is 0 Å². The van der Waals surface area contributed by atoms with Crippen LogP contribution in [-0.4, -0.2) is 28.2 Å². The van der Waals surface area contributed by atoms with Crippen molar-refractivity contribution in [2.24, 2.45) is 5.14 Å². The van der Waals surface area contributed by atoms with Crippen LogP contribution in [0.5, 0.6) is 0 Å². The number of sulfonamides is 1. The van der Waals surface area contributed by atoms with Crippen molar-refractivity contribution in [2.75, 3.05) is 0 Å². The lowest BCUT2D eigenvalue weighted by atomic mass is 10.1. The number of nitrogens with zero attached hydrogens (tertiary/aromatic N) is 4. The molecule has 0 aliphatic carbocycles. The Kier molecular flexibility index (Phi) is 4.28. The predicted octanol–water partition coefficient (Wildman–Crippen LogP) is 2.30. The van der Waals surface area contributed by atoms with Crippen molar-refractivity contribution >= 4 is 10.0 Å². The first-order chi connectivity index (χ1) is 12.1. The van der Waals surface area contributed by atoms with Gasteiger partial charge in [-0.25, -0.2) is 28.2 Å². The molecule has 7 nitrogen and oxygen atoms in total. The van der Waals surface area contributed by atoms with E-state index < -0.39 is 27.0 Å². The van der Waals surface area contributed by atoms with E-state index in [1.165, 1.54) is 6.07 Å². The number of hydrogen-bond acceptors (Lipinski definition) is 5. The van der Waals surface area contributed by atoms with E-state index in [0.29, 0.717) is 5.56 Å².